The van der Waals surface area contributed by atoms with E-state index in [0.29, 0.717) is 31.9 Å². The Hall–Kier alpha value is -1.75. The smallest absolute Gasteiger partial charge is 0.344 e. The molecule has 1 N–H and O–H groups in total. The van der Waals surface area contributed by atoms with Gasteiger partial charge in [-0.3, -0.25) is 0 Å². The molecule has 114 valence electrons. The molecule has 2 rings (SSSR count). The van der Waals surface area contributed by atoms with Crippen LogP contribution in [0.1, 0.15) is 11.1 Å². The van der Waals surface area contributed by atoms with Gasteiger partial charge in [0.1, 0.15) is 5.71 Å². The van der Waals surface area contributed by atoms with E-state index in [-0.39, 0.29) is 0 Å². The first-order valence-corrected chi connectivity index (χ1v) is 7.24. The number of hydrogen-bond acceptors (Lipinski definition) is 3. The van der Waals surface area contributed by atoms with E-state index in [2.05, 4.69) is 5.16 Å². The van der Waals surface area contributed by atoms with Crippen LogP contribution in [0.5, 0.6) is 0 Å². The molecule has 0 fully saturated rings. The Morgan fingerprint density at radius 3 is 2.27 bits per heavy atom. The standard InChI is InChI=1S/C15H10Cl3NO3/c16-10-3-1-9(2-4-10)15(19-22-8-14(20)21)12-6-5-11(17)7-13(12)18/h1-7H,8H2,(H,20,21)/b19-15-. The zero-order valence-electron chi connectivity index (χ0n) is 11.1. The van der Waals surface area contributed by atoms with Gasteiger partial charge in [-0.1, -0.05) is 52.1 Å². The number of oxime groups is 1. The lowest BCUT2D eigenvalue weighted by Gasteiger charge is -2.09. The Balaban J connectivity index is 2.44. The summed E-state index contributed by atoms with van der Waals surface area (Å²) in [5.74, 6) is -1.12. The maximum atomic E-state index is 10.6. The van der Waals surface area contributed by atoms with Gasteiger partial charge in [-0.25, -0.2) is 4.79 Å². The normalized spacial score (nSPS) is 11.3. The van der Waals surface area contributed by atoms with Gasteiger partial charge in [-0.05, 0) is 30.3 Å². The molecule has 0 radical (unpaired) electrons. The third kappa shape index (κ3) is 4.37. The predicted molar refractivity (Wildman–Crippen MR) is 87.1 cm³/mol. The van der Waals surface area contributed by atoms with Crippen LogP contribution in [0.2, 0.25) is 15.1 Å². The second-order valence-electron chi connectivity index (χ2n) is 4.24. The van der Waals surface area contributed by atoms with Gasteiger partial charge in [-0.2, -0.15) is 0 Å². The number of nitrogens with zero attached hydrogens (tertiary/aromatic N) is 1. The van der Waals surface area contributed by atoms with Gasteiger partial charge in [0.15, 0.2) is 0 Å². The van der Waals surface area contributed by atoms with Gasteiger partial charge < -0.3 is 9.94 Å². The van der Waals surface area contributed by atoms with Crippen molar-refractivity contribution in [1.82, 2.24) is 0 Å². The third-order valence-electron chi connectivity index (χ3n) is 2.65. The Bertz CT molecular complexity index is 714. The molecule has 0 unspecified atom stereocenters. The van der Waals surface area contributed by atoms with E-state index in [1.54, 1.807) is 42.5 Å². The molecule has 0 aromatic heterocycles. The molecule has 22 heavy (non-hydrogen) atoms. The highest BCUT2D eigenvalue weighted by Crippen LogP contribution is 2.24. The van der Waals surface area contributed by atoms with Crippen molar-refractivity contribution in [3.8, 4) is 0 Å². The summed E-state index contributed by atoms with van der Waals surface area (Å²) in [6, 6.07) is 11.8. The molecule has 7 heteroatoms. The van der Waals surface area contributed by atoms with Crippen molar-refractivity contribution in [3.05, 3.63) is 68.7 Å². The second-order valence-corrected chi connectivity index (χ2v) is 5.52. The van der Waals surface area contributed by atoms with Crippen LogP contribution in [0, 0.1) is 0 Å². The molecule has 0 atom stereocenters. The Morgan fingerprint density at radius 1 is 1.05 bits per heavy atom. The fourth-order valence-electron chi connectivity index (χ4n) is 1.70. The summed E-state index contributed by atoms with van der Waals surface area (Å²) in [7, 11) is 0. The lowest BCUT2D eigenvalue weighted by atomic mass is 10.0. The summed E-state index contributed by atoms with van der Waals surface area (Å²) in [4.78, 5) is 15.4. The predicted octanol–water partition coefficient (Wildman–Crippen LogP) is 4.50. The van der Waals surface area contributed by atoms with Crippen molar-refractivity contribution in [2.45, 2.75) is 0 Å². The van der Waals surface area contributed by atoms with E-state index < -0.39 is 12.6 Å². The number of carboxylic acids is 1. The average Bonchev–Trinajstić information content (AvgIpc) is 2.45. The van der Waals surface area contributed by atoms with Crippen molar-refractivity contribution in [2.24, 2.45) is 5.16 Å². The maximum Gasteiger partial charge on any atom is 0.344 e. The van der Waals surface area contributed by atoms with Gasteiger partial charge in [0, 0.05) is 21.2 Å². The highest BCUT2D eigenvalue weighted by Gasteiger charge is 2.13. The van der Waals surface area contributed by atoms with E-state index in [1.165, 1.54) is 0 Å². The number of halogens is 3. The van der Waals surface area contributed by atoms with E-state index in [0.717, 1.165) is 0 Å². The van der Waals surface area contributed by atoms with Crippen molar-refractivity contribution >= 4 is 46.5 Å². The van der Waals surface area contributed by atoms with Gasteiger partial charge >= 0.3 is 5.97 Å². The largest absolute Gasteiger partial charge is 0.479 e. The van der Waals surface area contributed by atoms with Gasteiger partial charge in [0.2, 0.25) is 6.61 Å². The molecule has 2 aromatic rings. The lowest BCUT2D eigenvalue weighted by molar-refractivity contribution is -0.142. The zero-order valence-corrected chi connectivity index (χ0v) is 13.4. The van der Waals surface area contributed by atoms with Crippen LogP contribution in [0.3, 0.4) is 0 Å². The summed E-state index contributed by atoms with van der Waals surface area (Å²) in [6.07, 6.45) is 0. The highest BCUT2D eigenvalue weighted by molar-refractivity contribution is 6.38. The Morgan fingerprint density at radius 2 is 1.68 bits per heavy atom. The highest BCUT2D eigenvalue weighted by atomic mass is 35.5. The van der Waals surface area contributed by atoms with E-state index >= 15 is 0 Å². The van der Waals surface area contributed by atoms with Gasteiger partial charge in [0.25, 0.3) is 0 Å². The second kappa shape index (κ2) is 7.49. The van der Waals surface area contributed by atoms with Crippen LogP contribution in [-0.4, -0.2) is 23.4 Å². The summed E-state index contributed by atoms with van der Waals surface area (Å²) in [5.41, 5.74) is 1.64. The van der Waals surface area contributed by atoms with Crippen molar-refractivity contribution in [1.29, 1.82) is 0 Å². The Kier molecular flexibility index (Phi) is 5.66. The quantitative estimate of drug-likeness (QED) is 0.632. The first-order chi connectivity index (χ1) is 10.5. The molecule has 0 bridgehead atoms. The minimum absolute atomic E-state index is 0.375. The molecule has 0 amide bonds. The zero-order chi connectivity index (χ0) is 16.1. The van der Waals surface area contributed by atoms with Crippen LogP contribution < -0.4 is 0 Å². The number of benzene rings is 2. The van der Waals surface area contributed by atoms with E-state index in [9.17, 15) is 4.79 Å². The molecule has 2 aromatic carbocycles. The molecule has 0 heterocycles. The fraction of sp³-hybridized carbons (Fsp3) is 0.0667. The number of rotatable bonds is 5. The summed E-state index contributed by atoms with van der Waals surface area (Å²) in [6.45, 7) is -0.553. The van der Waals surface area contributed by atoms with E-state index in [4.69, 9.17) is 44.7 Å². The summed E-state index contributed by atoms with van der Waals surface area (Å²) < 4.78 is 0. The summed E-state index contributed by atoms with van der Waals surface area (Å²) >= 11 is 17.9. The average molecular weight is 359 g/mol. The molecule has 0 aliphatic carbocycles. The molecule has 0 spiro atoms. The molecular weight excluding hydrogens is 349 g/mol. The monoisotopic (exact) mass is 357 g/mol. The van der Waals surface area contributed by atoms with E-state index in [1.807, 2.05) is 0 Å². The van der Waals surface area contributed by atoms with Crippen molar-refractivity contribution in [3.63, 3.8) is 0 Å². The Labute approximate surface area is 141 Å². The first kappa shape index (κ1) is 16.6. The number of aliphatic carboxylic acids is 1. The van der Waals surface area contributed by atoms with Gasteiger partial charge in [-0.15, -0.1) is 0 Å². The fourth-order valence-corrected chi connectivity index (χ4v) is 2.32. The van der Waals surface area contributed by atoms with Crippen LogP contribution in [0.15, 0.2) is 47.6 Å². The number of hydrogen-bond donors (Lipinski definition) is 1. The van der Waals surface area contributed by atoms with Gasteiger partial charge in [0.05, 0.1) is 5.02 Å². The molecule has 0 saturated heterocycles. The van der Waals surface area contributed by atoms with Crippen LogP contribution in [0.25, 0.3) is 0 Å². The minimum Gasteiger partial charge on any atom is -0.479 e. The van der Waals surface area contributed by atoms with Crippen LogP contribution >= 0.6 is 34.8 Å². The molecule has 0 saturated carbocycles. The summed E-state index contributed by atoms with van der Waals surface area (Å²) in [5, 5.41) is 14.0. The SMILES string of the molecule is O=C(O)CO/N=C(/c1ccc(Cl)cc1)c1ccc(Cl)cc1Cl. The van der Waals surface area contributed by atoms with Crippen LogP contribution in [0.4, 0.5) is 0 Å². The first-order valence-electron chi connectivity index (χ1n) is 6.10. The lowest BCUT2D eigenvalue weighted by Crippen LogP contribution is -2.09. The number of carbonyl (C=O) groups is 1. The molecule has 4 nitrogen and oxygen atoms in total. The minimum atomic E-state index is -1.12. The van der Waals surface area contributed by atoms with Crippen molar-refractivity contribution in [2.75, 3.05) is 6.61 Å². The number of carboxylic acid groups (broad SMARTS) is 1. The third-order valence-corrected chi connectivity index (χ3v) is 3.45. The maximum absolute atomic E-state index is 10.6. The molecule has 0 aliphatic heterocycles. The van der Waals surface area contributed by atoms with Crippen LogP contribution in [-0.2, 0) is 9.63 Å². The molecule has 0 aliphatic rings. The molecular formula is C15H10Cl3NO3. The van der Waals surface area contributed by atoms with Crippen molar-refractivity contribution < 1.29 is 14.7 Å². The topological polar surface area (TPSA) is 58.9 Å².